The standard InChI is InChI=1S/C8H11N3S.C2H6/c1-7-10-4-2-8(11-7)3-5-12-6-9;1-2/h2-5H,6,9H2,1H3;1-2H3/b5-3+;. The van der Waals surface area contributed by atoms with E-state index in [-0.39, 0.29) is 0 Å². The van der Waals surface area contributed by atoms with Crippen LogP contribution < -0.4 is 5.73 Å². The van der Waals surface area contributed by atoms with Crippen molar-refractivity contribution in [1.29, 1.82) is 0 Å². The van der Waals surface area contributed by atoms with Gasteiger partial charge in [-0.2, -0.15) is 0 Å². The second kappa shape index (κ2) is 8.72. The quantitative estimate of drug-likeness (QED) is 0.780. The Hall–Kier alpha value is -0.870. The summed E-state index contributed by atoms with van der Waals surface area (Å²) in [5.74, 6) is 1.38. The lowest BCUT2D eigenvalue weighted by Crippen LogP contribution is -1.90. The van der Waals surface area contributed by atoms with Gasteiger partial charge in [0, 0.05) is 12.1 Å². The molecule has 3 nitrogen and oxygen atoms in total. The predicted molar refractivity (Wildman–Crippen MR) is 63.8 cm³/mol. The van der Waals surface area contributed by atoms with Crippen LogP contribution in [0.5, 0.6) is 0 Å². The van der Waals surface area contributed by atoms with Gasteiger partial charge in [0.2, 0.25) is 0 Å². The number of nitrogens with zero attached hydrogens (tertiary/aromatic N) is 2. The Kier molecular flexibility index (Phi) is 8.17. The summed E-state index contributed by atoms with van der Waals surface area (Å²) in [5, 5.41) is 1.93. The van der Waals surface area contributed by atoms with Gasteiger partial charge in [0.05, 0.1) is 5.69 Å². The summed E-state index contributed by atoms with van der Waals surface area (Å²) in [4.78, 5) is 8.18. The monoisotopic (exact) mass is 211 g/mol. The number of aromatic nitrogens is 2. The first-order valence-electron chi connectivity index (χ1n) is 4.61. The van der Waals surface area contributed by atoms with E-state index < -0.39 is 0 Å². The molecule has 1 heterocycles. The molecule has 0 spiro atoms. The highest BCUT2D eigenvalue weighted by molar-refractivity contribution is 8.02. The minimum Gasteiger partial charge on any atom is -0.322 e. The minimum atomic E-state index is 0.598. The molecule has 2 N–H and O–H groups in total. The van der Waals surface area contributed by atoms with Crippen molar-refractivity contribution < 1.29 is 0 Å². The lowest BCUT2D eigenvalue weighted by molar-refractivity contribution is 1.04. The SMILES string of the molecule is CC.Cc1nccc(/C=C/SCN)n1. The molecule has 0 aromatic carbocycles. The van der Waals surface area contributed by atoms with E-state index in [0.717, 1.165) is 11.5 Å². The average Bonchev–Trinajstić information content (AvgIpc) is 2.21. The van der Waals surface area contributed by atoms with Gasteiger partial charge in [-0.3, -0.25) is 0 Å². The molecule has 0 saturated carbocycles. The smallest absolute Gasteiger partial charge is 0.125 e. The highest BCUT2D eigenvalue weighted by Gasteiger charge is 1.88. The van der Waals surface area contributed by atoms with Gasteiger partial charge in [0.1, 0.15) is 5.82 Å². The molecule has 78 valence electrons. The molecule has 0 radical (unpaired) electrons. The number of hydrogen-bond acceptors (Lipinski definition) is 4. The normalized spacial score (nSPS) is 9.71. The van der Waals surface area contributed by atoms with Gasteiger partial charge in [-0.15, -0.1) is 11.8 Å². The van der Waals surface area contributed by atoms with Gasteiger partial charge in [0.25, 0.3) is 0 Å². The van der Waals surface area contributed by atoms with Crippen LogP contribution in [0.2, 0.25) is 0 Å². The van der Waals surface area contributed by atoms with Crippen molar-refractivity contribution in [3.8, 4) is 0 Å². The minimum absolute atomic E-state index is 0.598. The van der Waals surface area contributed by atoms with Crippen molar-refractivity contribution in [3.63, 3.8) is 0 Å². The largest absolute Gasteiger partial charge is 0.322 e. The summed E-state index contributed by atoms with van der Waals surface area (Å²) < 4.78 is 0. The maximum absolute atomic E-state index is 5.30. The van der Waals surface area contributed by atoms with Crippen molar-refractivity contribution in [2.45, 2.75) is 20.8 Å². The summed E-state index contributed by atoms with van der Waals surface area (Å²) >= 11 is 1.55. The molecule has 1 aromatic rings. The zero-order chi connectivity index (χ0) is 10.8. The van der Waals surface area contributed by atoms with Crippen LogP contribution in [-0.2, 0) is 0 Å². The fourth-order valence-corrected chi connectivity index (χ4v) is 1.09. The second-order valence-electron chi connectivity index (χ2n) is 2.16. The van der Waals surface area contributed by atoms with Gasteiger partial charge in [-0.25, -0.2) is 9.97 Å². The Morgan fingerprint density at radius 2 is 2.21 bits per heavy atom. The maximum atomic E-state index is 5.30. The van der Waals surface area contributed by atoms with Gasteiger partial charge < -0.3 is 5.73 Å². The highest BCUT2D eigenvalue weighted by atomic mass is 32.2. The van der Waals surface area contributed by atoms with Crippen LogP contribution in [0, 0.1) is 6.92 Å². The number of rotatable bonds is 3. The molecule has 0 amide bonds. The second-order valence-corrected chi connectivity index (χ2v) is 3.10. The van der Waals surface area contributed by atoms with E-state index >= 15 is 0 Å². The molecule has 0 bridgehead atoms. The van der Waals surface area contributed by atoms with Crippen LogP contribution in [-0.4, -0.2) is 15.8 Å². The zero-order valence-electron chi connectivity index (χ0n) is 8.90. The number of nitrogens with two attached hydrogens (primary N) is 1. The zero-order valence-corrected chi connectivity index (χ0v) is 9.71. The van der Waals surface area contributed by atoms with Gasteiger partial charge in [0.15, 0.2) is 0 Å². The molecular weight excluding hydrogens is 194 g/mol. The summed E-state index contributed by atoms with van der Waals surface area (Å²) in [6.45, 7) is 5.87. The first-order chi connectivity index (χ1) is 6.83. The Balaban J connectivity index is 0.000000791. The first kappa shape index (κ1) is 13.1. The van der Waals surface area contributed by atoms with Crippen LogP contribution in [0.4, 0.5) is 0 Å². The molecule has 0 saturated heterocycles. The summed E-state index contributed by atoms with van der Waals surface area (Å²) in [6.07, 6.45) is 3.67. The van der Waals surface area contributed by atoms with Crippen LogP contribution in [0.1, 0.15) is 25.4 Å². The van der Waals surface area contributed by atoms with E-state index in [1.54, 1.807) is 18.0 Å². The van der Waals surface area contributed by atoms with Crippen LogP contribution in [0.25, 0.3) is 6.08 Å². The lowest BCUT2D eigenvalue weighted by Gasteiger charge is -1.92. The van der Waals surface area contributed by atoms with E-state index in [4.69, 9.17) is 5.73 Å². The molecule has 0 aliphatic heterocycles. The lowest BCUT2D eigenvalue weighted by atomic mass is 10.4. The molecule has 0 aliphatic rings. The molecule has 0 unspecified atom stereocenters. The molecule has 14 heavy (non-hydrogen) atoms. The fourth-order valence-electron chi connectivity index (χ4n) is 0.741. The van der Waals surface area contributed by atoms with Crippen LogP contribution in [0.15, 0.2) is 17.7 Å². The number of thioether (sulfide) groups is 1. The van der Waals surface area contributed by atoms with Crippen LogP contribution in [0.3, 0.4) is 0 Å². The topological polar surface area (TPSA) is 51.8 Å². The van der Waals surface area contributed by atoms with E-state index in [1.165, 1.54) is 0 Å². The number of aryl methyl sites for hydroxylation is 1. The molecule has 0 fully saturated rings. The summed E-state index contributed by atoms with van der Waals surface area (Å²) in [5.41, 5.74) is 6.22. The predicted octanol–water partition coefficient (Wildman–Crippen LogP) is 2.43. The molecule has 1 rings (SSSR count). The Morgan fingerprint density at radius 1 is 1.50 bits per heavy atom. The highest BCUT2D eigenvalue weighted by Crippen LogP contribution is 2.03. The molecule has 0 aliphatic carbocycles. The summed E-state index contributed by atoms with van der Waals surface area (Å²) in [6, 6.07) is 1.86. The maximum Gasteiger partial charge on any atom is 0.125 e. The Labute approximate surface area is 89.8 Å². The first-order valence-corrected chi connectivity index (χ1v) is 5.65. The molecular formula is C10H17N3S. The summed E-state index contributed by atoms with van der Waals surface area (Å²) in [7, 11) is 0. The third kappa shape index (κ3) is 5.72. The van der Waals surface area contributed by atoms with Crippen molar-refractivity contribution in [3.05, 3.63) is 29.2 Å². The third-order valence-electron chi connectivity index (χ3n) is 1.23. The van der Waals surface area contributed by atoms with Crippen molar-refractivity contribution in [2.24, 2.45) is 5.73 Å². The third-order valence-corrected chi connectivity index (χ3v) is 1.75. The van der Waals surface area contributed by atoms with Gasteiger partial charge >= 0.3 is 0 Å². The molecule has 0 atom stereocenters. The molecule has 1 aromatic heterocycles. The van der Waals surface area contributed by atoms with E-state index in [1.807, 2.05) is 38.3 Å². The van der Waals surface area contributed by atoms with Gasteiger partial charge in [-0.1, -0.05) is 13.8 Å². The average molecular weight is 211 g/mol. The van der Waals surface area contributed by atoms with Crippen LogP contribution >= 0.6 is 11.8 Å². The Morgan fingerprint density at radius 3 is 2.79 bits per heavy atom. The van der Waals surface area contributed by atoms with E-state index in [2.05, 4.69) is 9.97 Å². The Bertz CT molecular complexity index is 274. The molecule has 4 heteroatoms. The van der Waals surface area contributed by atoms with E-state index in [9.17, 15) is 0 Å². The number of hydrogen-bond donors (Lipinski definition) is 1. The van der Waals surface area contributed by atoms with Gasteiger partial charge in [-0.05, 0) is 24.5 Å². The fraction of sp³-hybridized carbons (Fsp3) is 0.400. The van der Waals surface area contributed by atoms with E-state index in [0.29, 0.717) is 5.88 Å². The van der Waals surface area contributed by atoms with Crippen molar-refractivity contribution in [2.75, 3.05) is 5.88 Å². The van der Waals surface area contributed by atoms with Crippen molar-refractivity contribution in [1.82, 2.24) is 9.97 Å². The van der Waals surface area contributed by atoms with Crippen molar-refractivity contribution >= 4 is 17.8 Å².